The molecular weight excluding hydrogens is 416 g/mol. The van der Waals surface area contributed by atoms with Crippen LogP contribution in [0.1, 0.15) is 29.3 Å². The molecule has 0 fully saturated rings. The van der Waals surface area contributed by atoms with E-state index in [2.05, 4.69) is 0 Å². The lowest BCUT2D eigenvalue weighted by Gasteiger charge is -2.27. The molecule has 1 amide bonds. The highest BCUT2D eigenvalue weighted by atomic mass is 32.2. The van der Waals surface area contributed by atoms with Gasteiger partial charge in [0.25, 0.3) is 5.91 Å². The monoisotopic (exact) mass is 437 g/mol. The zero-order chi connectivity index (χ0) is 22.3. The SMILES string of the molecule is C[C@@](CCN1Cc2cc(-c3cc(F)ccc3F)ccc2C1=O)(C(=O)CO)S(C)(=O)=O. The van der Waals surface area contributed by atoms with Crippen molar-refractivity contribution in [2.24, 2.45) is 0 Å². The van der Waals surface area contributed by atoms with Crippen molar-refractivity contribution in [3.63, 3.8) is 0 Å². The first-order valence-electron chi connectivity index (χ1n) is 9.19. The quantitative estimate of drug-likeness (QED) is 0.718. The van der Waals surface area contributed by atoms with Crippen molar-refractivity contribution in [3.8, 4) is 11.1 Å². The number of hydrogen-bond donors (Lipinski definition) is 1. The molecule has 0 bridgehead atoms. The third kappa shape index (κ3) is 3.87. The van der Waals surface area contributed by atoms with Gasteiger partial charge in [0.1, 0.15) is 23.0 Å². The van der Waals surface area contributed by atoms with Gasteiger partial charge in [0, 0.05) is 30.5 Å². The third-order valence-corrected chi connectivity index (χ3v) is 7.70. The van der Waals surface area contributed by atoms with Crippen molar-refractivity contribution in [1.29, 1.82) is 0 Å². The zero-order valence-electron chi connectivity index (χ0n) is 16.5. The maximum atomic E-state index is 14.1. The van der Waals surface area contributed by atoms with E-state index in [0.29, 0.717) is 16.7 Å². The Balaban J connectivity index is 1.84. The highest BCUT2D eigenvalue weighted by Gasteiger charge is 2.43. The third-order valence-electron chi connectivity index (χ3n) is 5.63. The Morgan fingerprint density at radius 1 is 1.17 bits per heavy atom. The van der Waals surface area contributed by atoms with Crippen LogP contribution in [0.2, 0.25) is 0 Å². The summed E-state index contributed by atoms with van der Waals surface area (Å²) in [6, 6.07) is 7.76. The summed E-state index contributed by atoms with van der Waals surface area (Å²) in [5.41, 5.74) is 1.46. The molecule has 30 heavy (non-hydrogen) atoms. The predicted molar refractivity (Wildman–Crippen MR) is 106 cm³/mol. The van der Waals surface area contributed by atoms with E-state index in [9.17, 15) is 26.8 Å². The van der Waals surface area contributed by atoms with E-state index in [0.717, 1.165) is 24.5 Å². The van der Waals surface area contributed by atoms with Crippen LogP contribution < -0.4 is 0 Å². The average molecular weight is 437 g/mol. The lowest BCUT2D eigenvalue weighted by atomic mass is 10.00. The van der Waals surface area contributed by atoms with Crippen LogP contribution >= 0.6 is 0 Å². The summed E-state index contributed by atoms with van der Waals surface area (Å²) in [6.07, 6.45) is 0.747. The minimum absolute atomic E-state index is 0.0213. The van der Waals surface area contributed by atoms with Gasteiger partial charge in [-0.05, 0) is 54.8 Å². The second-order valence-corrected chi connectivity index (χ2v) is 10.0. The van der Waals surface area contributed by atoms with Gasteiger partial charge in [-0.25, -0.2) is 17.2 Å². The molecule has 1 heterocycles. The van der Waals surface area contributed by atoms with Crippen molar-refractivity contribution >= 4 is 21.5 Å². The van der Waals surface area contributed by atoms with Gasteiger partial charge in [0.15, 0.2) is 15.6 Å². The number of rotatable bonds is 7. The summed E-state index contributed by atoms with van der Waals surface area (Å²) in [5.74, 6) is -2.36. The first-order valence-corrected chi connectivity index (χ1v) is 11.1. The van der Waals surface area contributed by atoms with Crippen LogP contribution in [-0.2, 0) is 21.2 Å². The fourth-order valence-electron chi connectivity index (χ4n) is 3.49. The topological polar surface area (TPSA) is 91.8 Å². The number of nitrogens with zero attached hydrogens (tertiary/aromatic N) is 1. The first kappa shape index (κ1) is 22.0. The Hall–Kier alpha value is -2.65. The molecule has 1 aliphatic heterocycles. The van der Waals surface area contributed by atoms with Gasteiger partial charge in [0.05, 0.1) is 0 Å². The smallest absolute Gasteiger partial charge is 0.254 e. The molecule has 9 heteroatoms. The number of ketones is 1. The van der Waals surface area contributed by atoms with E-state index in [-0.39, 0.29) is 31.0 Å². The molecule has 3 rings (SSSR count). The summed E-state index contributed by atoms with van der Waals surface area (Å²) in [6.45, 7) is 0.443. The van der Waals surface area contributed by atoms with Crippen molar-refractivity contribution in [3.05, 3.63) is 59.2 Å². The lowest BCUT2D eigenvalue weighted by molar-refractivity contribution is -0.124. The largest absolute Gasteiger partial charge is 0.389 e. The summed E-state index contributed by atoms with van der Waals surface area (Å²) < 4.78 is 50.0. The molecule has 6 nitrogen and oxygen atoms in total. The molecule has 0 spiro atoms. The average Bonchev–Trinajstić information content (AvgIpc) is 3.01. The van der Waals surface area contributed by atoms with Gasteiger partial charge in [0.2, 0.25) is 0 Å². The van der Waals surface area contributed by atoms with Gasteiger partial charge in [-0.3, -0.25) is 9.59 Å². The van der Waals surface area contributed by atoms with E-state index in [1.807, 2.05) is 0 Å². The normalized spacial score (nSPS) is 15.8. The Bertz CT molecular complexity index is 1130. The van der Waals surface area contributed by atoms with Crippen molar-refractivity contribution in [2.75, 3.05) is 19.4 Å². The molecule has 0 radical (unpaired) electrons. The summed E-state index contributed by atoms with van der Waals surface area (Å²) >= 11 is 0. The molecule has 1 aliphatic rings. The standard InChI is InChI=1S/C21H21F2NO5S/c1-21(19(26)12-25,30(2,28)29)7-8-24-11-14-9-13(3-5-16(14)20(24)27)17-10-15(22)4-6-18(17)23/h3-6,9-10,25H,7-8,11-12H2,1-2H3/t21-/m1/s1. The summed E-state index contributed by atoms with van der Waals surface area (Å²) in [5, 5.41) is 9.15. The molecule has 1 atom stereocenters. The second-order valence-electron chi connectivity index (χ2n) is 7.56. The van der Waals surface area contributed by atoms with Crippen LogP contribution in [0.25, 0.3) is 11.1 Å². The Morgan fingerprint density at radius 2 is 1.87 bits per heavy atom. The minimum atomic E-state index is -3.83. The number of benzene rings is 2. The Kier molecular flexibility index (Phi) is 5.79. The Morgan fingerprint density at radius 3 is 2.50 bits per heavy atom. The molecule has 1 N–H and O–H groups in total. The van der Waals surface area contributed by atoms with E-state index >= 15 is 0 Å². The molecule has 0 aliphatic carbocycles. The zero-order valence-corrected chi connectivity index (χ0v) is 17.3. The van der Waals surface area contributed by atoms with E-state index in [4.69, 9.17) is 5.11 Å². The van der Waals surface area contributed by atoms with Gasteiger partial charge in [-0.2, -0.15) is 0 Å². The molecule has 2 aromatic carbocycles. The maximum absolute atomic E-state index is 14.1. The molecule has 0 saturated heterocycles. The highest BCUT2D eigenvalue weighted by molar-refractivity contribution is 7.92. The van der Waals surface area contributed by atoms with Gasteiger partial charge >= 0.3 is 0 Å². The molecule has 0 aromatic heterocycles. The number of aliphatic hydroxyl groups excluding tert-OH is 1. The van der Waals surface area contributed by atoms with E-state index in [1.54, 1.807) is 6.07 Å². The van der Waals surface area contributed by atoms with E-state index < -0.39 is 38.6 Å². The predicted octanol–water partition coefficient (Wildman–Crippen LogP) is 2.34. The summed E-state index contributed by atoms with van der Waals surface area (Å²) in [4.78, 5) is 26.1. The molecule has 0 saturated carbocycles. The fourth-order valence-corrected chi connectivity index (χ4v) is 4.44. The van der Waals surface area contributed by atoms with Gasteiger partial charge in [-0.15, -0.1) is 0 Å². The number of aliphatic hydroxyl groups is 1. The maximum Gasteiger partial charge on any atom is 0.254 e. The molecule has 160 valence electrons. The fraction of sp³-hybridized carbons (Fsp3) is 0.333. The van der Waals surface area contributed by atoms with Gasteiger partial charge < -0.3 is 10.0 Å². The number of sulfone groups is 1. The molecule has 2 aromatic rings. The first-order chi connectivity index (χ1) is 14.0. The number of hydrogen-bond acceptors (Lipinski definition) is 5. The number of fused-ring (bicyclic) bond motifs is 1. The van der Waals surface area contributed by atoms with Crippen molar-refractivity contribution in [2.45, 2.75) is 24.6 Å². The van der Waals surface area contributed by atoms with Crippen LogP contribution in [0.5, 0.6) is 0 Å². The molecular formula is C21H21F2NO5S. The van der Waals surface area contributed by atoms with E-state index in [1.165, 1.54) is 24.0 Å². The van der Waals surface area contributed by atoms with Crippen LogP contribution in [0.15, 0.2) is 36.4 Å². The van der Waals surface area contributed by atoms with Crippen LogP contribution in [0.4, 0.5) is 8.78 Å². The number of carbonyl (C=O) groups is 2. The van der Waals surface area contributed by atoms with Crippen LogP contribution in [0, 0.1) is 11.6 Å². The lowest BCUT2D eigenvalue weighted by Crippen LogP contribution is -2.47. The van der Waals surface area contributed by atoms with Crippen LogP contribution in [0.3, 0.4) is 0 Å². The Labute approximate surface area is 173 Å². The number of Topliss-reactive ketones (excluding diaryl/α,β-unsaturated/α-hetero) is 1. The van der Waals surface area contributed by atoms with Crippen LogP contribution in [-0.4, -0.2) is 54.3 Å². The second kappa shape index (κ2) is 7.88. The van der Waals surface area contributed by atoms with Crippen molar-refractivity contribution in [1.82, 2.24) is 4.90 Å². The number of halogens is 2. The molecule has 0 unspecified atom stereocenters. The number of carbonyl (C=O) groups excluding carboxylic acids is 2. The van der Waals surface area contributed by atoms with Crippen molar-refractivity contribution < 1.29 is 31.9 Å². The number of amides is 1. The minimum Gasteiger partial charge on any atom is -0.389 e. The summed E-state index contributed by atoms with van der Waals surface area (Å²) in [7, 11) is -3.83. The highest BCUT2D eigenvalue weighted by Crippen LogP contribution is 2.31. The van der Waals surface area contributed by atoms with Gasteiger partial charge in [-0.1, -0.05) is 6.07 Å².